The molecule has 112 valence electrons. The highest BCUT2D eigenvalue weighted by atomic mass is 15.3. The molecule has 0 saturated carbocycles. The summed E-state index contributed by atoms with van der Waals surface area (Å²) in [5.74, 6) is 1.61. The van der Waals surface area contributed by atoms with Gasteiger partial charge in [0.2, 0.25) is 0 Å². The van der Waals surface area contributed by atoms with Crippen LogP contribution >= 0.6 is 0 Å². The predicted octanol–water partition coefficient (Wildman–Crippen LogP) is 2.28. The van der Waals surface area contributed by atoms with Crippen LogP contribution in [0.5, 0.6) is 0 Å². The minimum absolute atomic E-state index is 0.286. The lowest BCUT2D eigenvalue weighted by molar-refractivity contribution is 0.130. The molecule has 0 bridgehead atoms. The summed E-state index contributed by atoms with van der Waals surface area (Å²) in [7, 11) is 0. The topological polar surface area (TPSA) is 33.1 Å². The van der Waals surface area contributed by atoms with Gasteiger partial charge in [-0.3, -0.25) is 9.58 Å². The standard InChI is InChI=1S/C16H28N4/c1-5-12(2)20-7-6-14(18-20)11-19-10-13-8-17-9-15(13)16(19,3)4/h6-7,12-13,15,17H,5,8-11H2,1-4H3. The van der Waals surface area contributed by atoms with Gasteiger partial charge in [-0.2, -0.15) is 5.10 Å². The number of aromatic nitrogens is 2. The van der Waals surface area contributed by atoms with Crippen LogP contribution in [0.25, 0.3) is 0 Å². The molecule has 3 rings (SSSR count). The lowest BCUT2D eigenvalue weighted by Crippen LogP contribution is -2.44. The molecule has 3 unspecified atom stereocenters. The SMILES string of the molecule is CCC(C)n1ccc(CN2CC3CNCC3C2(C)C)n1. The van der Waals surface area contributed by atoms with Gasteiger partial charge in [0.25, 0.3) is 0 Å². The molecule has 0 spiro atoms. The van der Waals surface area contributed by atoms with Gasteiger partial charge in [-0.15, -0.1) is 0 Å². The fourth-order valence-corrected chi connectivity index (χ4v) is 3.86. The molecule has 1 aromatic heterocycles. The van der Waals surface area contributed by atoms with E-state index in [9.17, 15) is 0 Å². The Hall–Kier alpha value is -0.870. The fourth-order valence-electron chi connectivity index (χ4n) is 3.86. The molecule has 2 saturated heterocycles. The van der Waals surface area contributed by atoms with Crippen molar-refractivity contribution in [3.05, 3.63) is 18.0 Å². The molecule has 20 heavy (non-hydrogen) atoms. The van der Waals surface area contributed by atoms with E-state index in [1.807, 2.05) is 0 Å². The van der Waals surface area contributed by atoms with E-state index in [0.29, 0.717) is 6.04 Å². The van der Waals surface area contributed by atoms with Crippen LogP contribution in [-0.2, 0) is 6.54 Å². The highest BCUT2D eigenvalue weighted by Gasteiger charge is 2.49. The Kier molecular flexibility index (Phi) is 3.63. The first-order chi connectivity index (χ1) is 9.52. The summed E-state index contributed by atoms with van der Waals surface area (Å²) in [6, 6.07) is 2.69. The fraction of sp³-hybridized carbons (Fsp3) is 0.812. The van der Waals surface area contributed by atoms with Gasteiger partial charge in [0, 0.05) is 37.4 Å². The Balaban J connectivity index is 1.70. The van der Waals surface area contributed by atoms with E-state index in [-0.39, 0.29) is 5.54 Å². The number of rotatable bonds is 4. The van der Waals surface area contributed by atoms with Crippen molar-refractivity contribution in [2.45, 2.75) is 52.2 Å². The van der Waals surface area contributed by atoms with Gasteiger partial charge >= 0.3 is 0 Å². The van der Waals surface area contributed by atoms with Crippen molar-refractivity contribution in [3.63, 3.8) is 0 Å². The second-order valence-electron chi connectivity index (χ2n) is 7.10. The van der Waals surface area contributed by atoms with E-state index in [2.05, 4.69) is 54.9 Å². The molecule has 1 N–H and O–H groups in total. The lowest BCUT2D eigenvalue weighted by atomic mass is 9.85. The third-order valence-corrected chi connectivity index (χ3v) is 5.58. The lowest BCUT2D eigenvalue weighted by Gasteiger charge is -2.35. The van der Waals surface area contributed by atoms with Crippen molar-refractivity contribution in [1.82, 2.24) is 20.0 Å². The zero-order valence-electron chi connectivity index (χ0n) is 13.3. The molecule has 2 aliphatic rings. The molecule has 2 aliphatic heterocycles. The van der Waals surface area contributed by atoms with Crippen molar-refractivity contribution in [2.75, 3.05) is 19.6 Å². The molecular weight excluding hydrogens is 248 g/mol. The molecule has 1 aromatic rings. The second kappa shape index (κ2) is 5.15. The number of nitrogens with one attached hydrogen (secondary N) is 1. The van der Waals surface area contributed by atoms with E-state index in [1.165, 1.54) is 25.3 Å². The van der Waals surface area contributed by atoms with Crippen molar-refractivity contribution >= 4 is 0 Å². The zero-order valence-corrected chi connectivity index (χ0v) is 13.3. The van der Waals surface area contributed by atoms with E-state index in [0.717, 1.165) is 24.8 Å². The average Bonchev–Trinajstić information content (AvgIpc) is 3.09. The summed E-state index contributed by atoms with van der Waals surface area (Å²) in [5, 5.41) is 8.31. The first-order valence-corrected chi connectivity index (χ1v) is 8.02. The predicted molar refractivity (Wildman–Crippen MR) is 81.6 cm³/mol. The summed E-state index contributed by atoms with van der Waals surface area (Å²) in [6.45, 7) is 13.8. The van der Waals surface area contributed by atoms with Gasteiger partial charge in [-0.05, 0) is 51.6 Å². The normalized spacial score (nSPS) is 30.6. The summed E-state index contributed by atoms with van der Waals surface area (Å²) in [4.78, 5) is 2.63. The molecule has 4 nitrogen and oxygen atoms in total. The Morgan fingerprint density at radius 1 is 1.45 bits per heavy atom. The van der Waals surface area contributed by atoms with Crippen LogP contribution in [0.15, 0.2) is 12.3 Å². The molecule has 0 aromatic carbocycles. The van der Waals surface area contributed by atoms with Gasteiger partial charge in [0.15, 0.2) is 0 Å². The number of hydrogen-bond acceptors (Lipinski definition) is 3. The van der Waals surface area contributed by atoms with E-state index in [1.54, 1.807) is 0 Å². The minimum Gasteiger partial charge on any atom is -0.316 e. The van der Waals surface area contributed by atoms with E-state index < -0.39 is 0 Å². The van der Waals surface area contributed by atoms with E-state index in [4.69, 9.17) is 5.10 Å². The molecular formula is C16H28N4. The monoisotopic (exact) mass is 276 g/mol. The maximum absolute atomic E-state index is 4.76. The molecule has 0 radical (unpaired) electrons. The maximum atomic E-state index is 4.76. The number of nitrogens with zero attached hydrogens (tertiary/aromatic N) is 3. The average molecular weight is 276 g/mol. The Morgan fingerprint density at radius 2 is 2.25 bits per heavy atom. The molecule has 2 fully saturated rings. The van der Waals surface area contributed by atoms with Crippen molar-refractivity contribution < 1.29 is 0 Å². The van der Waals surface area contributed by atoms with Crippen molar-refractivity contribution in [3.8, 4) is 0 Å². The molecule has 0 aliphatic carbocycles. The van der Waals surface area contributed by atoms with Gasteiger partial charge in [-0.1, -0.05) is 6.92 Å². The van der Waals surface area contributed by atoms with E-state index >= 15 is 0 Å². The molecule has 3 heterocycles. The third-order valence-electron chi connectivity index (χ3n) is 5.58. The van der Waals surface area contributed by atoms with Crippen LogP contribution in [0.2, 0.25) is 0 Å². The van der Waals surface area contributed by atoms with Gasteiger partial charge < -0.3 is 5.32 Å². The maximum Gasteiger partial charge on any atom is 0.0765 e. The van der Waals surface area contributed by atoms with Crippen LogP contribution < -0.4 is 5.32 Å². The summed E-state index contributed by atoms with van der Waals surface area (Å²) >= 11 is 0. The summed E-state index contributed by atoms with van der Waals surface area (Å²) in [6.07, 6.45) is 3.26. The number of hydrogen-bond donors (Lipinski definition) is 1. The van der Waals surface area contributed by atoms with Gasteiger partial charge in [-0.25, -0.2) is 0 Å². The van der Waals surface area contributed by atoms with Crippen LogP contribution in [0.4, 0.5) is 0 Å². The number of fused-ring (bicyclic) bond motifs is 1. The Bertz CT molecular complexity index is 465. The van der Waals surface area contributed by atoms with Crippen LogP contribution in [0.1, 0.15) is 45.9 Å². The molecule has 3 atom stereocenters. The van der Waals surface area contributed by atoms with Crippen LogP contribution in [0, 0.1) is 11.8 Å². The first-order valence-electron chi connectivity index (χ1n) is 8.02. The highest BCUT2D eigenvalue weighted by Crippen LogP contribution is 2.41. The smallest absolute Gasteiger partial charge is 0.0765 e. The third kappa shape index (κ3) is 2.29. The first kappa shape index (κ1) is 14.1. The molecule has 0 amide bonds. The Labute approximate surface area is 122 Å². The van der Waals surface area contributed by atoms with Crippen LogP contribution in [-0.4, -0.2) is 39.9 Å². The summed E-state index contributed by atoms with van der Waals surface area (Å²) in [5.41, 5.74) is 1.50. The highest BCUT2D eigenvalue weighted by molar-refractivity contribution is 5.08. The summed E-state index contributed by atoms with van der Waals surface area (Å²) < 4.78 is 2.11. The second-order valence-corrected chi connectivity index (χ2v) is 7.10. The van der Waals surface area contributed by atoms with Gasteiger partial charge in [0.05, 0.1) is 5.69 Å². The Morgan fingerprint density at radius 3 is 2.95 bits per heavy atom. The quantitative estimate of drug-likeness (QED) is 0.916. The minimum atomic E-state index is 0.286. The van der Waals surface area contributed by atoms with Crippen LogP contribution in [0.3, 0.4) is 0 Å². The largest absolute Gasteiger partial charge is 0.316 e. The van der Waals surface area contributed by atoms with Gasteiger partial charge in [0.1, 0.15) is 0 Å². The van der Waals surface area contributed by atoms with Crippen molar-refractivity contribution in [1.29, 1.82) is 0 Å². The molecule has 4 heteroatoms. The number of likely N-dealkylation sites (tertiary alicyclic amines) is 1. The zero-order chi connectivity index (χ0) is 14.3. The van der Waals surface area contributed by atoms with Crippen molar-refractivity contribution in [2.24, 2.45) is 11.8 Å².